The van der Waals surface area contributed by atoms with Crippen molar-refractivity contribution in [1.82, 2.24) is 15.1 Å². The van der Waals surface area contributed by atoms with Gasteiger partial charge < -0.3 is 18.8 Å². The fraction of sp³-hybridized carbons (Fsp3) is 0.318. The van der Waals surface area contributed by atoms with Crippen molar-refractivity contribution >= 4 is 5.91 Å². The summed E-state index contributed by atoms with van der Waals surface area (Å²) in [7, 11) is 0. The summed E-state index contributed by atoms with van der Waals surface area (Å²) in [6, 6.07) is 11.8. The van der Waals surface area contributed by atoms with Crippen molar-refractivity contribution in [3.63, 3.8) is 0 Å². The summed E-state index contributed by atoms with van der Waals surface area (Å²) < 4.78 is 29.6. The average Bonchev–Trinajstić information content (AvgIpc) is 3.52. The molecule has 0 bridgehead atoms. The van der Waals surface area contributed by atoms with E-state index < -0.39 is 0 Å². The van der Waals surface area contributed by atoms with Gasteiger partial charge in [0.25, 0.3) is 0 Å². The van der Waals surface area contributed by atoms with E-state index in [0.29, 0.717) is 36.2 Å². The largest absolute Gasteiger partial charge is 0.454 e. The molecule has 1 saturated heterocycles. The highest BCUT2D eigenvalue weighted by Crippen LogP contribution is 2.36. The van der Waals surface area contributed by atoms with Crippen LogP contribution in [0.4, 0.5) is 4.39 Å². The Balaban J connectivity index is 1.23. The summed E-state index contributed by atoms with van der Waals surface area (Å²) in [6.45, 7) is 0.901. The van der Waals surface area contributed by atoms with Crippen LogP contribution in [0.5, 0.6) is 11.5 Å². The van der Waals surface area contributed by atoms with Crippen molar-refractivity contribution in [3.05, 3.63) is 59.7 Å². The molecule has 5 rings (SSSR count). The van der Waals surface area contributed by atoms with E-state index in [-0.39, 0.29) is 31.0 Å². The minimum absolute atomic E-state index is 0.00928. The minimum Gasteiger partial charge on any atom is -0.454 e. The third-order valence-corrected chi connectivity index (χ3v) is 5.47. The van der Waals surface area contributed by atoms with Gasteiger partial charge in [0, 0.05) is 24.9 Å². The molecular formula is C22H20FN3O4. The van der Waals surface area contributed by atoms with Crippen molar-refractivity contribution in [2.24, 2.45) is 0 Å². The Morgan fingerprint density at radius 2 is 1.93 bits per heavy atom. The van der Waals surface area contributed by atoms with Crippen LogP contribution in [-0.4, -0.2) is 34.3 Å². The van der Waals surface area contributed by atoms with Crippen molar-refractivity contribution in [3.8, 4) is 23.0 Å². The summed E-state index contributed by atoms with van der Waals surface area (Å²) in [6.07, 6.45) is 2.46. The molecule has 2 aliphatic rings. The minimum atomic E-state index is -0.274. The van der Waals surface area contributed by atoms with Crippen LogP contribution < -0.4 is 9.47 Å². The van der Waals surface area contributed by atoms with Crippen LogP contribution in [0, 0.1) is 5.82 Å². The molecule has 2 aliphatic heterocycles. The van der Waals surface area contributed by atoms with Gasteiger partial charge in [-0.15, -0.1) is 10.2 Å². The number of carbonyl (C=O) groups is 1. The first-order valence-electron chi connectivity index (χ1n) is 9.95. The fourth-order valence-electron chi connectivity index (χ4n) is 3.96. The van der Waals surface area contributed by atoms with Crippen molar-refractivity contribution in [2.45, 2.75) is 31.7 Å². The first-order valence-corrected chi connectivity index (χ1v) is 9.95. The average molecular weight is 409 g/mol. The zero-order valence-electron chi connectivity index (χ0n) is 16.2. The van der Waals surface area contributed by atoms with Gasteiger partial charge in [-0.3, -0.25) is 4.79 Å². The van der Waals surface area contributed by atoms with Gasteiger partial charge in [0.05, 0.1) is 6.04 Å². The molecule has 0 aliphatic carbocycles. The molecule has 2 aromatic carbocycles. The molecule has 7 nitrogen and oxygen atoms in total. The summed E-state index contributed by atoms with van der Waals surface area (Å²) in [4.78, 5) is 14.7. The molecule has 8 heteroatoms. The predicted octanol–water partition coefficient (Wildman–Crippen LogP) is 3.90. The molecule has 0 N–H and O–H groups in total. The molecule has 30 heavy (non-hydrogen) atoms. The summed E-state index contributed by atoms with van der Waals surface area (Å²) >= 11 is 0. The van der Waals surface area contributed by atoms with Gasteiger partial charge >= 0.3 is 0 Å². The van der Waals surface area contributed by atoms with Gasteiger partial charge in [0.15, 0.2) is 11.5 Å². The Bertz CT molecular complexity index is 1070. The Labute approximate surface area is 172 Å². The highest BCUT2D eigenvalue weighted by molar-refractivity contribution is 5.77. The number of halogens is 1. The third kappa shape index (κ3) is 3.60. The highest BCUT2D eigenvalue weighted by Gasteiger charge is 2.30. The second-order valence-corrected chi connectivity index (χ2v) is 7.37. The number of ether oxygens (including phenoxy) is 2. The van der Waals surface area contributed by atoms with E-state index in [4.69, 9.17) is 13.9 Å². The number of benzene rings is 2. The first kappa shape index (κ1) is 18.6. The van der Waals surface area contributed by atoms with Gasteiger partial charge in [0.2, 0.25) is 24.5 Å². The monoisotopic (exact) mass is 409 g/mol. The topological polar surface area (TPSA) is 77.7 Å². The van der Waals surface area contributed by atoms with Crippen LogP contribution in [0.25, 0.3) is 11.5 Å². The molecule has 0 saturated carbocycles. The Hall–Kier alpha value is -3.42. The number of aromatic nitrogens is 2. The van der Waals surface area contributed by atoms with Crippen LogP contribution in [0.1, 0.15) is 36.8 Å². The van der Waals surface area contributed by atoms with Gasteiger partial charge in [-0.25, -0.2) is 4.39 Å². The normalized spacial score (nSPS) is 17.5. The van der Waals surface area contributed by atoms with E-state index >= 15 is 0 Å². The standard InChI is InChI=1S/C22H20FN3O4/c23-16-6-3-14(4-7-16)17-2-1-11-26(17)21(27)10-9-20-24-25-22(30-20)15-5-8-18-19(12-15)29-13-28-18/h3-8,12,17H,1-2,9-11,13H2/t17-/m0/s1. The highest BCUT2D eigenvalue weighted by atomic mass is 19.1. The molecule has 0 radical (unpaired) electrons. The first-order chi connectivity index (χ1) is 14.7. The van der Waals surface area contributed by atoms with E-state index in [1.807, 2.05) is 11.0 Å². The second-order valence-electron chi connectivity index (χ2n) is 7.37. The van der Waals surface area contributed by atoms with Crippen molar-refractivity contribution < 1.29 is 23.1 Å². The Kier molecular flexibility index (Phi) is 4.82. The summed E-state index contributed by atoms with van der Waals surface area (Å²) in [5, 5.41) is 8.16. The lowest BCUT2D eigenvalue weighted by molar-refractivity contribution is -0.132. The van der Waals surface area contributed by atoms with Crippen molar-refractivity contribution in [2.75, 3.05) is 13.3 Å². The molecule has 1 atom stereocenters. The number of amides is 1. The molecule has 1 fully saturated rings. The van der Waals surface area contributed by atoms with E-state index in [2.05, 4.69) is 10.2 Å². The molecule has 3 aromatic rings. The molecule has 0 unspecified atom stereocenters. The van der Waals surface area contributed by atoms with Crippen LogP contribution >= 0.6 is 0 Å². The zero-order valence-corrected chi connectivity index (χ0v) is 16.2. The maximum atomic E-state index is 13.2. The number of fused-ring (bicyclic) bond motifs is 1. The van der Waals surface area contributed by atoms with E-state index in [0.717, 1.165) is 24.0 Å². The van der Waals surface area contributed by atoms with Crippen molar-refractivity contribution in [1.29, 1.82) is 0 Å². The van der Waals surface area contributed by atoms with Crippen LogP contribution in [0.2, 0.25) is 0 Å². The Morgan fingerprint density at radius 1 is 1.10 bits per heavy atom. The number of likely N-dealkylation sites (tertiary alicyclic amines) is 1. The van der Waals surface area contributed by atoms with Gasteiger partial charge in [-0.05, 0) is 48.7 Å². The number of hydrogen-bond acceptors (Lipinski definition) is 6. The fourth-order valence-corrected chi connectivity index (χ4v) is 3.96. The lowest BCUT2D eigenvalue weighted by atomic mass is 10.0. The number of carbonyl (C=O) groups excluding carboxylic acids is 1. The SMILES string of the molecule is O=C(CCc1nnc(-c2ccc3c(c2)OCO3)o1)N1CCC[C@H]1c1ccc(F)cc1. The lowest BCUT2D eigenvalue weighted by Crippen LogP contribution is -2.30. The smallest absolute Gasteiger partial charge is 0.247 e. The van der Waals surface area contributed by atoms with E-state index in [9.17, 15) is 9.18 Å². The van der Waals surface area contributed by atoms with Crippen LogP contribution in [0.15, 0.2) is 46.9 Å². The van der Waals surface area contributed by atoms with Gasteiger partial charge in [0.1, 0.15) is 5.82 Å². The van der Waals surface area contributed by atoms with Crippen LogP contribution in [-0.2, 0) is 11.2 Å². The maximum Gasteiger partial charge on any atom is 0.247 e. The second kappa shape index (κ2) is 7.78. The Morgan fingerprint density at radius 3 is 2.80 bits per heavy atom. The maximum absolute atomic E-state index is 13.2. The number of nitrogens with zero attached hydrogens (tertiary/aromatic N) is 3. The molecule has 3 heterocycles. The number of hydrogen-bond donors (Lipinski definition) is 0. The molecule has 1 amide bonds. The predicted molar refractivity (Wildman–Crippen MR) is 104 cm³/mol. The lowest BCUT2D eigenvalue weighted by Gasteiger charge is -2.25. The zero-order chi connectivity index (χ0) is 20.5. The molecule has 154 valence electrons. The van der Waals surface area contributed by atoms with E-state index in [1.54, 1.807) is 24.3 Å². The van der Waals surface area contributed by atoms with Crippen LogP contribution in [0.3, 0.4) is 0 Å². The van der Waals surface area contributed by atoms with Gasteiger partial charge in [-0.2, -0.15) is 0 Å². The quantitative estimate of drug-likeness (QED) is 0.636. The molecular weight excluding hydrogens is 389 g/mol. The summed E-state index contributed by atoms with van der Waals surface area (Å²) in [5.74, 6) is 1.87. The third-order valence-electron chi connectivity index (χ3n) is 5.47. The molecule has 1 aromatic heterocycles. The number of aryl methyl sites for hydroxylation is 1. The van der Waals surface area contributed by atoms with E-state index in [1.165, 1.54) is 12.1 Å². The summed E-state index contributed by atoms with van der Waals surface area (Å²) in [5.41, 5.74) is 1.70. The molecule has 0 spiro atoms. The number of rotatable bonds is 5. The van der Waals surface area contributed by atoms with Gasteiger partial charge in [-0.1, -0.05) is 12.1 Å².